The van der Waals surface area contributed by atoms with Crippen molar-refractivity contribution in [2.24, 2.45) is 0 Å². The van der Waals surface area contributed by atoms with E-state index in [9.17, 15) is 21.6 Å². The number of amides is 1. The first kappa shape index (κ1) is 28.5. The first-order valence-electron chi connectivity index (χ1n) is 11.5. The number of aryl methyl sites for hydroxylation is 3. The predicted octanol–water partition coefficient (Wildman–Crippen LogP) is 5.25. The van der Waals surface area contributed by atoms with E-state index in [1.165, 1.54) is 28.6 Å². The van der Waals surface area contributed by atoms with Crippen molar-refractivity contribution in [3.8, 4) is 0 Å². The van der Waals surface area contributed by atoms with Crippen LogP contribution in [-0.4, -0.2) is 35.5 Å². The Labute approximate surface area is 223 Å². The van der Waals surface area contributed by atoms with Crippen LogP contribution in [0, 0.1) is 20.8 Å². The molecule has 37 heavy (non-hydrogen) atoms. The van der Waals surface area contributed by atoms with Gasteiger partial charge in [0.15, 0.2) is 0 Å². The Bertz CT molecular complexity index is 1510. The fourth-order valence-corrected chi connectivity index (χ4v) is 5.99. The van der Waals surface area contributed by atoms with E-state index in [2.05, 4.69) is 10.0 Å². The molecule has 3 aromatic carbocycles. The lowest BCUT2D eigenvalue weighted by molar-refractivity contribution is -0.116. The molecule has 0 bridgehead atoms. The minimum atomic E-state index is -3.80. The minimum absolute atomic E-state index is 0.0621. The third-order valence-corrected chi connectivity index (χ3v) is 8.49. The van der Waals surface area contributed by atoms with Crippen LogP contribution in [0.25, 0.3) is 0 Å². The number of rotatable bonds is 10. The summed E-state index contributed by atoms with van der Waals surface area (Å²) in [4.78, 5) is 12.5. The largest absolute Gasteiger partial charge is 0.326 e. The number of halogens is 1. The summed E-state index contributed by atoms with van der Waals surface area (Å²) in [6, 6.07) is 16.4. The van der Waals surface area contributed by atoms with Gasteiger partial charge < -0.3 is 5.32 Å². The summed E-state index contributed by atoms with van der Waals surface area (Å²) in [5.41, 5.74) is 3.90. The molecule has 0 aliphatic carbocycles. The van der Waals surface area contributed by atoms with Crippen molar-refractivity contribution in [3.05, 3.63) is 82.4 Å². The number of nitrogens with zero attached hydrogens (tertiary/aromatic N) is 1. The maximum atomic E-state index is 12.8. The lowest BCUT2D eigenvalue weighted by Gasteiger charge is -2.24. The van der Waals surface area contributed by atoms with Crippen molar-refractivity contribution >= 4 is 54.6 Å². The lowest BCUT2D eigenvalue weighted by atomic mass is 10.1. The fourth-order valence-electron chi connectivity index (χ4n) is 3.69. The highest BCUT2D eigenvalue weighted by Gasteiger charge is 2.20. The Morgan fingerprint density at radius 1 is 0.892 bits per heavy atom. The number of hydrogen-bond acceptors (Lipinski definition) is 5. The van der Waals surface area contributed by atoms with E-state index in [-0.39, 0.29) is 30.2 Å². The molecule has 1 amide bonds. The number of carbonyl (C=O) groups is 1. The summed E-state index contributed by atoms with van der Waals surface area (Å²) in [6.45, 7) is 5.60. The summed E-state index contributed by atoms with van der Waals surface area (Å²) in [5.74, 6) is -0.319. The quantitative estimate of drug-likeness (QED) is 0.350. The van der Waals surface area contributed by atoms with Gasteiger partial charge in [0.25, 0.3) is 10.0 Å². The zero-order valence-corrected chi connectivity index (χ0v) is 23.5. The molecule has 0 aliphatic heterocycles. The molecule has 0 heterocycles. The number of carbonyl (C=O) groups excluding carboxylic acids is 1. The van der Waals surface area contributed by atoms with Crippen LogP contribution in [0.15, 0.2) is 65.6 Å². The Morgan fingerprint density at radius 3 is 2.19 bits per heavy atom. The van der Waals surface area contributed by atoms with Crippen LogP contribution in [0.4, 0.5) is 17.1 Å². The highest BCUT2D eigenvalue weighted by Crippen LogP contribution is 2.27. The van der Waals surface area contributed by atoms with Crippen molar-refractivity contribution in [1.82, 2.24) is 0 Å². The van der Waals surface area contributed by atoms with E-state index in [1.807, 2.05) is 26.0 Å². The van der Waals surface area contributed by atoms with Gasteiger partial charge in [0.2, 0.25) is 15.9 Å². The van der Waals surface area contributed by atoms with Gasteiger partial charge in [-0.1, -0.05) is 29.8 Å². The van der Waals surface area contributed by atoms with Crippen LogP contribution in [0.1, 0.15) is 29.5 Å². The van der Waals surface area contributed by atoms with Crippen LogP contribution >= 0.6 is 11.6 Å². The Balaban J connectivity index is 1.61. The first-order valence-corrected chi connectivity index (χ1v) is 15.2. The molecule has 0 atom stereocenters. The zero-order chi connectivity index (χ0) is 27.4. The first-order chi connectivity index (χ1) is 17.3. The number of nitrogens with one attached hydrogen (secondary N) is 2. The molecule has 0 saturated heterocycles. The van der Waals surface area contributed by atoms with Crippen molar-refractivity contribution in [2.75, 3.05) is 27.1 Å². The Hall–Kier alpha value is -3.08. The van der Waals surface area contributed by atoms with Crippen LogP contribution in [-0.2, 0) is 24.8 Å². The standard InChI is InChI=1S/C26H30ClN3O5S2/c1-18-7-8-19(2)24(16-18)29-37(34,35)23-13-11-22(12-14-23)28-26(31)6-5-15-30(36(4,32)33)25-17-21(27)10-9-20(25)3/h7-14,16-17,29H,5-6,15H2,1-4H3,(H,28,31). The predicted molar refractivity (Wildman–Crippen MR) is 149 cm³/mol. The average Bonchev–Trinajstić information content (AvgIpc) is 2.80. The van der Waals surface area contributed by atoms with Crippen molar-refractivity contribution < 1.29 is 21.6 Å². The molecule has 0 unspecified atom stereocenters. The van der Waals surface area contributed by atoms with E-state index < -0.39 is 20.0 Å². The van der Waals surface area contributed by atoms with E-state index >= 15 is 0 Å². The van der Waals surface area contributed by atoms with Gasteiger partial charge >= 0.3 is 0 Å². The Morgan fingerprint density at radius 2 is 1.54 bits per heavy atom. The second kappa shape index (κ2) is 11.5. The van der Waals surface area contributed by atoms with Gasteiger partial charge in [-0.3, -0.25) is 13.8 Å². The molecule has 0 fully saturated rings. The molecule has 0 saturated carbocycles. The molecule has 198 valence electrons. The van der Waals surface area contributed by atoms with Crippen molar-refractivity contribution in [3.63, 3.8) is 0 Å². The highest BCUT2D eigenvalue weighted by molar-refractivity contribution is 7.92. The Kier molecular flexibility index (Phi) is 8.88. The lowest BCUT2D eigenvalue weighted by Crippen LogP contribution is -2.32. The van der Waals surface area contributed by atoms with Crippen molar-refractivity contribution in [1.29, 1.82) is 0 Å². The van der Waals surface area contributed by atoms with Crippen LogP contribution in [0.3, 0.4) is 0 Å². The van der Waals surface area contributed by atoms with Gasteiger partial charge in [0, 0.05) is 23.7 Å². The van der Waals surface area contributed by atoms with Gasteiger partial charge in [-0.05, 0) is 86.3 Å². The molecular formula is C26H30ClN3O5S2. The van der Waals surface area contributed by atoms with Crippen LogP contribution < -0.4 is 14.3 Å². The molecule has 0 spiro atoms. The monoisotopic (exact) mass is 563 g/mol. The highest BCUT2D eigenvalue weighted by atomic mass is 35.5. The molecule has 2 N–H and O–H groups in total. The van der Waals surface area contributed by atoms with Crippen molar-refractivity contribution in [2.45, 2.75) is 38.5 Å². The number of hydrogen-bond donors (Lipinski definition) is 2. The van der Waals surface area contributed by atoms with Crippen LogP contribution in [0.2, 0.25) is 5.02 Å². The molecule has 8 nitrogen and oxygen atoms in total. The summed E-state index contributed by atoms with van der Waals surface area (Å²) in [7, 11) is -7.38. The molecule has 3 rings (SSSR count). The van der Waals surface area contributed by atoms with E-state index in [0.717, 1.165) is 22.9 Å². The topological polar surface area (TPSA) is 113 Å². The molecule has 11 heteroatoms. The second-order valence-electron chi connectivity index (χ2n) is 8.87. The summed E-state index contributed by atoms with van der Waals surface area (Å²) in [6.07, 6.45) is 1.45. The average molecular weight is 564 g/mol. The molecule has 0 radical (unpaired) electrons. The van der Waals surface area contributed by atoms with Gasteiger partial charge in [0.05, 0.1) is 22.5 Å². The molecule has 3 aromatic rings. The third kappa shape index (κ3) is 7.70. The van der Waals surface area contributed by atoms with Gasteiger partial charge in [-0.25, -0.2) is 16.8 Å². The normalized spacial score (nSPS) is 11.7. The summed E-state index contributed by atoms with van der Waals surface area (Å²) < 4.78 is 54.1. The number of benzene rings is 3. The second-order valence-corrected chi connectivity index (χ2v) is 12.9. The third-order valence-electron chi connectivity index (χ3n) is 5.69. The number of anilines is 3. The molecule has 0 aromatic heterocycles. The maximum absolute atomic E-state index is 12.8. The van der Waals surface area contributed by atoms with Gasteiger partial charge in [-0.2, -0.15) is 0 Å². The molecule has 0 aliphatic rings. The summed E-state index contributed by atoms with van der Waals surface area (Å²) >= 11 is 6.05. The minimum Gasteiger partial charge on any atom is -0.326 e. The van der Waals surface area contributed by atoms with E-state index in [4.69, 9.17) is 11.6 Å². The zero-order valence-electron chi connectivity index (χ0n) is 21.1. The fraction of sp³-hybridized carbons (Fsp3) is 0.269. The van der Waals surface area contributed by atoms with Crippen LogP contribution in [0.5, 0.6) is 0 Å². The van der Waals surface area contributed by atoms with Gasteiger partial charge in [0.1, 0.15) is 0 Å². The molecular weight excluding hydrogens is 534 g/mol. The van der Waals surface area contributed by atoms with Gasteiger partial charge in [-0.15, -0.1) is 0 Å². The smallest absolute Gasteiger partial charge is 0.261 e. The SMILES string of the molecule is Cc1ccc(C)c(NS(=O)(=O)c2ccc(NC(=O)CCCN(c3cc(Cl)ccc3C)S(C)(=O)=O)cc2)c1. The maximum Gasteiger partial charge on any atom is 0.261 e. The van der Waals surface area contributed by atoms with E-state index in [1.54, 1.807) is 31.2 Å². The number of sulfonamides is 2. The van der Waals surface area contributed by atoms with E-state index in [0.29, 0.717) is 22.1 Å². The summed E-state index contributed by atoms with van der Waals surface area (Å²) in [5, 5.41) is 3.13.